The van der Waals surface area contributed by atoms with Gasteiger partial charge in [-0.05, 0) is 25.3 Å². The van der Waals surface area contributed by atoms with Crippen LogP contribution in [0.25, 0.3) is 0 Å². The zero-order valence-corrected chi connectivity index (χ0v) is 11.7. The maximum atomic E-state index is 11.4. The van der Waals surface area contributed by atoms with Gasteiger partial charge in [0.05, 0.1) is 13.4 Å². The molecule has 0 aliphatic heterocycles. The number of carbonyl (C=O) groups excluding carboxylic acids is 1. The molecule has 0 amide bonds. The molecule has 0 saturated heterocycles. The second-order valence-electron chi connectivity index (χ2n) is 4.80. The first kappa shape index (κ1) is 14.8. The summed E-state index contributed by atoms with van der Waals surface area (Å²) in [6.45, 7) is 7.22. The van der Waals surface area contributed by atoms with Crippen molar-refractivity contribution in [1.82, 2.24) is 5.32 Å². The largest absolute Gasteiger partial charge is 0.463 e. The van der Waals surface area contributed by atoms with Crippen LogP contribution in [0.5, 0.6) is 0 Å². The van der Waals surface area contributed by atoms with Gasteiger partial charge in [0.1, 0.15) is 0 Å². The molecule has 0 fully saturated rings. The lowest BCUT2D eigenvalue weighted by Crippen LogP contribution is -2.27. The smallest absolute Gasteiger partial charge is 0.374 e. The topological polar surface area (TPSA) is 51.5 Å². The van der Waals surface area contributed by atoms with E-state index < -0.39 is 5.97 Å². The van der Waals surface area contributed by atoms with Crippen LogP contribution in [-0.2, 0) is 11.3 Å². The van der Waals surface area contributed by atoms with Crippen LogP contribution in [0.1, 0.15) is 49.7 Å². The van der Waals surface area contributed by atoms with Crippen molar-refractivity contribution in [2.24, 2.45) is 5.92 Å². The first-order valence-corrected chi connectivity index (χ1v) is 6.46. The Balaban J connectivity index is 2.48. The van der Waals surface area contributed by atoms with Crippen molar-refractivity contribution in [3.05, 3.63) is 23.7 Å². The van der Waals surface area contributed by atoms with Gasteiger partial charge in [-0.25, -0.2) is 4.79 Å². The van der Waals surface area contributed by atoms with Crippen LogP contribution in [0.15, 0.2) is 16.7 Å². The SMILES string of the molecule is CCC(C)CC(C)NCc1ccoc1C(=O)OC. The van der Waals surface area contributed by atoms with Crippen molar-refractivity contribution < 1.29 is 13.9 Å². The quantitative estimate of drug-likeness (QED) is 0.759. The number of rotatable bonds is 7. The maximum absolute atomic E-state index is 11.4. The molecule has 1 N–H and O–H groups in total. The third kappa shape index (κ3) is 4.18. The summed E-state index contributed by atoms with van der Waals surface area (Å²) in [6.07, 6.45) is 3.83. The fraction of sp³-hybridized carbons (Fsp3) is 0.643. The summed E-state index contributed by atoms with van der Waals surface area (Å²) in [7, 11) is 1.35. The molecule has 0 aliphatic rings. The molecule has 0 aromatic carbocycles. The zero-order valence-electron chi connectivity index (χ0n) is 11.7. The van der Waals surface area contributed by atoms with Gasteiger partial charge in [0.2, 0.25) is 5.76 Å². The Labute approximate surface area is 109 Å². The summed E-state index contributed by atoms with van der Waals surface area (Å²) in [5, 5.41) is 3.40. The van der Waals surface area contributed by atoms with Crippen molar-refractivity contribution in [3.8, 4) is 0 Å². The van der Waals surface area contributed by atoms with Gasteiger partial charge in [0.15, 0.2) is 0 Å². The van der Waals surface area contributed by atoms with E-state index in [0.29, 0.717) is 24.3 Å². The molecule has 1 heterocycles. The minimum Gasteiger partial charge on any atom is -0.463 e. The molecule has 102 valence electrons. The van der Waals surface area contributed by atoms with E-state index in [4.69, 9.17) is 4.42 Å². The summed E-state index contributed by atoms with van der Waals surface area (Å²) < 4.78 is 9.80. The minimum absolute atomic E-state index is 0.292. The van der Waals surface area contributed by atoms with E-state index in [9.17, 15) is 4.79 Å². The molecule has 2 atom stereocenters. The normalized spacial score (nSPS) is 14.2. The summed E-state index contributed by atoms with van der Waals surface area (Å²) in [5.74, 6) is 0.573. The van der Waals surface area contributed by atoms with E-state index in [-0.39, 0.29) is 0 Å². The van der Waals surface area contributed by atoms with Crippen molar-refractivity contribution in [3.63, 3.8) is 0 Å². The fourth-order valence-electron chi connectivity index (χ4n) is 1.88. The van der Waals surface area contributed by atoms with Crippen LogP contribution >= 0.6 is 0 Å². The molecule has 0 spiro atoms. The lowest BCUT2D eigenvalue weighted by atomic mass is 10.0. The highest BCUT2D eigenvalue weighted by molar-refractivity contribution is 5.87. The van der Waals surface area contributed by atoms with Crippen molar-refractivity contribution in [1.29, 1.82) is 0 Å². The molecule has 1 rings (SSSR count). The molecule has 0 bridgehead atoms. The van der Waals surface area contributed by atoms with E-state index in [2.05, 4.69) is 30.8 Å². The number of carbonyl (C=O) groups is 1. The molecule has 4 heteroatoms. The summed E-state index contributed by atoms with van der Waals surface area (Å²) in [4.78, 5) is 11.4. The number of nitrogens with one attached hydrogen (secondary N) is 1. The molecule has 0 aliphatic carbocycles. The summed E-state index contributed by atoms with van der Waals surface area (Å²) in [6, 6.07) is 2.22. The Bertz CT molecular complexity index is 373. The highest BCUT2D eigenvalue weighted by Crippen LogP contribution is 2.13. The van der Waals surface area contributed by atoms with Gasteiger partial charge in [-0.1, -0.05) is 20.3 Å². The van der Waals surface area contributed by atoms with Gasteiger partial charge < -0.3 is 14.5 Å². The number of hydrogen-bond donors (Lipinski definition) is 1. The second-order valence-corrected chi connectivity index (χ2v) is 4.80. The highest BCUT2D eigenvalue weighted by atomic mass is 16.5. The van der Waals surface area contributed by atoms with Crippen LogP contribution in [0.3, 0.4) is 0 Å². The molecular formula is C14H23NO3. The van der Waals surface area contributed by atoms with E-state index in [1.54, 1.807) is 6.07 Å². The molecule has 1 aromatic rings. The molecule has 18 heavy (non-hydrogen) atoms. The van der Waals surface area contributed by atoms with Gasteiger partial charge in [-0.3, -0.25) is 0 Å². The number of furan rings is 1. The first-order valence-electron chi connectivity index (χ1n) is 6.46. The van der Waals surface area contributed by atoms with Crippen LogP contribution in [0.4, 0.5) is 0 Å². The third-order valence-electron chi connectivity index (χ3n) is 3.21. The van der Waals surface area contributed by atoms with Gasteiger partial charge in [-0.2, -0.15) is 0 Å². The van der Waals surface area contributed by atoms with Gasteiger partial charge in [0, 0.05) is 18.2 Å². The first-order chi connectivity index (χ1) is 8.58. The standard InChI is InChI=1S/C14H23NO3/c1-5-10(2)8-11(3)15-9-12-6-7-18-13(12)14(16)17-4/h6-7,10-11,15H,5,8-9H2,1-4H3. The van der Waals surface area contributed by atoms with Crippen molar-refractivity contribution in [2.75, 3.05) is 7.11 Å². The Morgan fingerprint density at radius 1 is 1.50 bits per heavy atom. The van der Waals surface area contributed by atoms with Gasteiger partial charge >= 0.3 is 5.97 Å². The number of hydrogen-bond acceptors (Lipinski definition) is 4. The monoisotopic (exact) mass is 253 g/mol. The lowest BCUT2D eigenvalue weighted by molar-refractivity contribution is 0.0563. The van der Waals surface area contributed by atoms with E-state index in [0.717, 1.165) is 12.0 Å². The van der Waals surface area contributed by atoms with Crippen molar-refractivity contribution >= 4 is 5.97 Å². The molecule has 4 nitrogen and oxygen atoms in total. The molecule has 2 unspecified atom stereocenters. The van der Waals surface area contributed by atoms with E-state index in [1.807, 2.05) is 0 Å². The minimum atomic E-state index is -0.425. The molecule has 0 radical (unpaired) electrons. The molecular weight excluding hydrogens is 230 g/mol. The maximum Gasteiger partial charge on any atom is 0.374 e. The van der Waals surface area contributed by atoms with Crippen LogP contribution in [0, 0.1) is 5.92 Å². The van der Waals surface area contributed by atoms with E-state index in [1.165, 1.54) is 19.8 Å². The predicted octanol–water partition coefficient (Wildman–Crippen LogP) is 2.98. The fourth-order valence-corrected chi connectivity index (χ4v) is 1.88. The zero-order chi connectivity index (χ0) is 13.5. The van der Waals surface area contributed by atoms with Gasteiger partial charge in [0.25, 0.3) is 0 Å². The Morgan fingerprint density at radius 3 is 2.83 bits per heavy atom. The number of esters is 1. The van der Waals surface area contributed by atoms with Crippen LogP contribution in [-0.4, -0.2) is 19.1 Å². The van der Waals surface area contributed by atoms with Crippen LogP contribution in [0.2, 0.25) is 0 Å². The van der Waals surface area contributed by atoms with E-state index >= 15 is 0 Å². The number of ether oxygens (including phenoxy) is 1. The lowest BCUT2D eigenvalue weighted by Gasteiger charge is -2.17. The summed E-state index contributed by atoms with van der Waals surface area (Å²) in [5.41, 5.74) is 0.845. The Morgan fingerprint density at radius 2 is 2.22 bits per heavy atom. The molecule has 1 aromatic heterocycles. The summed E-state index contributed by atoms with van der Waals surface area (Å²) >= 11 is 0. The highest BCUT2D eigenvalue weighted by Gasteiger charge is 2.16. The van der Waals surface area contributed by atoms with Crippen molar-refractivity contribution in [2.45, 2.75) is 46.2 Å². The third-order valence-corrected chi connectivity index (χ3v) is 3.21. The average Bonchev–Trinajstić information content (AvgIpc) is 2.83. The Hall–Kier alpha value is -1.29. The predicted molar refractivity (Wildman–Crippen MR) is 70.4 cm³/mol. The van der Waals surface area contributed by atoms with Gasteiger partial charge in [-0.15, -0.1) is 0 Å². The second kappa shape index (κ2) is 7.21. The molecule has 0 saturated carbocycles. The Kier molecular flexibility index (Phi) is 5.92. The average molecular weight is 253 g/mol. The van der Waals surface area contributed by atoms with Crippen LogP contribution < -0.4 is 5.32 Å². The number of methoxy groups -OCH3 is 1.